The Morgan fingerprint density at radius 1 is 1.18 bits per heavy atom. The average molecular weight is 298 g/mol. The van der Waals surface area contributed by atoms with Crippen LogP contribution >= 0.6 is 0 Å². The summed E-state index contributed by atoms with van der Waals surface area (Å²) in [6, 6.07) is 10.2. The van der Waals surface area contributed by atoms with Crippen LogP contribution < -0.4 is 0 Å². The minimum atomic E-state index is -0.991. The molecule has 1 fully saturated rings. The molecule has 0 amide bonds. The number of benzene rings is 1. The predicted octanol–water partition coefficient (Wildman–Crippen LogP) is 4.08. The van der Waals surface area contributed by atoms with Crippen LogP contribution in [0.2, 0.25) is 0 Å². The second kappa shape index (κ2) is 5.95. The number of aromatic carboxylic acids is 1. The van der Waals surface area contributed by atoms with Crippen molar-refractivity contribution in [1.82, 2.24) is 9.78 Å². The summed E-state index contributed by atoms with van der Waals surface area (Å²) in [5.41, 5.74) is 3.33. The Labute approximate surface area is 130 Å². The Balaban J connectivity index is 1.81. The van der Waals surface area contributed by atoms with Gasteiger partial charge in [-0.15, -0.1) is 0 Å². The van der Waals surface area contributed by atoms with Crippen molar-refractivity contribution in [2.75, 3.05) is 0 Å². The summed E-state index contributed by atoms with van der Waals surface area (Å²) in [5.74, 6) is 0.542. The molecule has 0 unspecified atom stereocenters. The SMILES string of the molecule is CC1CCC(c2ccc(-c3cc(C(=O)O)nn3C)cc2)CC1. The second-order valence-corrected chi connectivity index (χ2v) is 6.42. The van der Waals surface area contributed by atoms with E-state index in [4.69, 9.17) is 5.11 Å². The lowest BCUT2D eigenvalue weighted by molar-refractivity contribution is 0.0689. The molecule has 4 heteroatoms. The summed E-state index contributed by atoms with van der Waals surface area (Å²) >= 11 is 0. The van der Waals surface area contributed by atoms with Crippen LogP contribution in [0, 0.1) is 5.92 Å². The van der Waals surface area contributed by atoms with Crippen molar-refractivity contribution in [2.24, 2.45) is 13.0 Å². The fourth-order valence-electron chi connectivity index (χ4n) is 3.36. The molecule has 0 atom stereocenters. The molecule has 1 aliphatic carbocycles. The first-order chi connectivity index (χ1) is 10.5. The molecule has 1 aromatic carbocycles. The lowest BCUT2D eigenvalue weighted by Crippen LogP contribution is -2.10. The maximum absolute atomic E-state index is 11.0. The molecule has 1 N–H and O–H groups in total. The third-order valence-corrected chi connectivity index (χ3v) is 4.79. The Hall–Kier alpha value is -2.10. The van der Waals surface area contributed by atoms with E-state index in [1.165, 1.54) is 31.2 Å². The van der Waals surface area contributed by atoms with Gasteiger partial charge in [0.2, 0.25) is 0 Å². The van der Waals surface area contributed by atoms with Crippen molar-refractivity contribution in [3.05, 3.63) is 41.6 Å². The molecule has 0 spiro atoms. The summed E-state index contributed by atoms with van der Waals surface area (Å²) in [4.78, 5) is 11.0. The number of rotatable bonds is 3. The summed E-state index contributed by atoms with van der Waals surface area (Å²) in [6.07, 6.45) is 5.18. The van der Waals surface area contributed by atoms with Crippen LogP contribution in [-0.4, -0.2) is 20.9 Å². The highest BCUT2D eigenvalue weighted by Crippen LogP contribution is 2.36. The van der Waals surface area contributed by atoms with E-state index in [1.807, 2.05) is 0 Å². The standard InChI is InChI=1S/C18H22N2O2/c1-12-3-5-13(6-4-12)14-7-9-15(10-8-14)17-11-16(18(21)22)19-20(17)2/h7-13H,3-6H2,1-2H3,(H,21,22). The van der Waals surface area contributed by atoms with Gasteiger partial charge in [0.05, 0.1) is 5.69 Å². The lowest BCUT2D eigenvalue weighted by Gasteiger charge is -2.26. The van der Waals surface area contributed by atoms with Gasteiger partial charge < -0.3 is 5.11 Å². The zero-order chi connectivity index (χ0) is 15.7. The molecule has 22 heavy (non-hydrogen) atoms. The van der Waals surface area contributed by atoms with Crippen molar-refractivity contribution in [2.45, 2.75) is 38.5 Å². The van der Waals surface area contributed by atoms with E-state index in [9.17, 15) is 4.79 Å². The largest absolute Gasteiger partial charge is 0.476 e. The highest BCUT2D eigenvalue weighted by molar-refractivity contribution is 5.87. The molecule has 2 aromatic rings. The molecule has 0 bridgehead atoms. The molecule has 1 saturated carbocycles. The van der Waals surface area contributed by atoms with Crippen molar-refractivity contribution < 1.29 is 9.90 Å². The molecule has 116 valence electrons. The topological polar surface area (TPSA) is 55.1 Å². The van der Waals surface area contributed by atoms with Gasteiger partial charge in [0.15, 0.2) is 5.69 Å². The third kappa shape index (κ3) is 2.91. The van der Waals surface area contributed by atoms with E-state index in [-0.39, 0.29) is 5.69 Å². The molecule has 0 radical (unpaired) electrons. The second-order valence-electron chi connectivity index (χ2n) is 6.42. The molecule has 4 nitrogen and oxygen atoms in total. The Morgan fingerprint density at radius 2 is 1.82 bits per heavy atom. The smallest absolute Gasteiger partial charge is 0.356 e. The minimum absolute atomic E-state index is 0.0860. The van der Waals surface area contributed by atoms with Crippen molar-refractivity contribution >= 4 is 5.97 Å². The molecule has 1 aliphatic rings. The number of carboxylic acid groups (broad SMARTS) is 1. The highest BCUT2D eigenvalue weighted by atomic mass is 16.4. The first kappa shape index (κ1) is 14.8. The van der Waals surface area contributed by atoms with Crippen LogP contribution in [-0.2, 0) is 7.05 Å². The minimum Gasteiger partial charge on any atom is -0.476 e. The van der Waals surface area contributed by atoms with Gasteiger partial charge in [0.25, 0.3) is 0 Å². The normalized spacial score (nSPS) is 21.7. The summed E-state index contributed by atoms with van der Waals surface area (Å²) < 4.78 is 1.63. The molecule has 0 aliphatic heterocycles. The van der Waals surface area contributed by atoms with E-state index in [1.54, 1.807) is 17.8 Å². The molecule has 0 saturated heterocycles. The highest BCUT2D eigenvalue weighted by Gasteiger charge is 2.20. The van der Waals surface area contributed by atoms with Crippen LogP contribution in [0.15, 0.2) is 30.3 Å². The quantitative estimate of drug-likeness (QED) is 0.929. The zero-order valence-corrected chi connectivity index (χ0v) is 13.1. The first-order valence-electron chi connectivity index (χ1n) is 7.92. The van der Waals surface area contributed by atoms with Gasteiger partial charge in [0, 0.05) is 7.05 Å². The predicted molar refractivity (Wildman–Crippen MR) is 86.0 cm³/mol. The van der Waals surface area contributed by atoms with Crippen molar-refractivity contribution in [3.63, 3.8) is 0 Å². The molecule has 3 rings (SSSR count). The fraction of sp³-hybridized carbons (Fsp3) is 0.444. The number of hydrogen-bond donors (Lipinski definition) is 1. The summed E-state index contributed by atoms with van der Waals surface area (Å²) in [7, 11) is 1.78. The maximum Gasteiger partial charge on any atom is 0.356 e. The summed E-state index contributed by atoms with van der Waals surface area (Å²) in [5, 5.41) is 13.1. The lowest BCUT2D eigenvalue weighted by atomic mass is 9.79. The van der Waals surface area contributed by atoms with Gasteiger partial charge in [-0.25, -0.2) is 4.79 Å². The van der Waals surface area contributed by atoms with E-state index < -0.39 is 5.97 Å². The Morgan fingerprint density at radius 3 is 2.36 bits per heavy atom. The van der Waals surface area contributed by atoms with E-state index in [0.29, 0.717) is 5.92 Å². The van der Waals surface area contributed by atoms with Crippen LogP contribution in [0.4, 0.5) is 0 Å². The maximum atomic E-state index is 11.0. The number of nitrogens with zero attached hydrogens (tertiary/aromatic N) is 2. The Bertz CT molecular complexity index is 665. The van der Waals surface area contributed by atoms with Crippen LogP contribution in [0.1, 0.15) is 54.6 Å². The van der Waals surface area contributed by atoms with Crippen LogP contribution in [0.5, 0.6) is 0 Å². The van der Waals surface area contributed by atoms with E-state index >= 15 is 0 Å². The van der Waals surface area contributed by atoms with Gasteiger partial charge in [-0.05, 0) is 41.9 Å². The van der Waals surface area contributed by atoms with Gasteiger partial charge in [-0.1, -0.05) is 44.0 Å². The van der Waals surface area contributed by atoms with Gasteiger partial charge >= 0.3 is 5.97 Å². The van der Waals surface area contributed by atoms with Gasteiger partial charge in [-0.3, -0.25) is 4.68 Å². The fourth-order valence-corrected chi connectivity index (χ4v) is 3.36. The summed E-state index contributed by atoms with van der Waals surface area (Å²) in [6.45, 7) is 2.34. The first-order valence-corrected chi connectivity index (χ1v) is 7.92. The van der Waals surface area contributed by atoms with Crippen LogP contribution in [0.3, 0.4) is 0 Å². The number of aromatic nitrogens is 2. The number of carbonyl (C=O) groups is 1. The molecule has 1 aromatic heterocycles. The van der Waals surface area contributed by atoms with Crippen molar-refractivity contribution in [1.29, 1.82) is 0 Å². The molecular formula is C18H22N2O2. The van der Waals surface area contributed by atoms with Crippen LogP contribution in [0.25, 0.3) is 11.3 Å². The van der Waals surface area contributed by atoms with Crippen molar-refractivity contribution in [3.8, 4) is 11.3 Å². The third-order valence-electron chi connectivity index (χ3n) is 4.79. The van der Waals surface area contributed by atoms with E-state index in [2.05, 4.69) is 36.3 Å². The number of aryl methyl sites for hydroxylation is 1. The monoisotopic (exact) mass is 298 g/mol. The molecular weight excluding hydrogens is 276 g/mol. The van der Waals surface area contributed by atoms with E-state index in [0.717, 1.165) is 17.2 Å². The van der Waals surface area contributed by atoms with Gasteiger partial charge in [-0.2, -0.15) is 5.10 Å². The number of hydrogen-bond acceptors (Lipinski definition) is 2. The number of carboxylic acids is 1. The average Bonchev–Trinajstić information content (AvgIpc) is 2.91. The molecule has 1 heterocycles. The Kier molecular flexibility index (Phi) is 4.01. The zero-order valence-electron chi connectivity index (χ0n) is 13.1. The van der Waals surface area contributed by atoms with Gasteiger partial charge in [0.1, 0.15) is 0 Å².